The van der Waals surface area contributed by atoms with Crippen LogP contribution < -0.4 is 16.4 Å². The average Bonchev–Trinajstić information content (AvgIpc) is 3.05. The highest BCUT2D eigenvalue weighted by Crippen LogP contribution is 2.26. The van der Waals surface area contributed by atoms with E-state index in [4.69, 9.17) is 15.2 Å². The Balaban J connectivity index is 1.91. The van der Waals surface area contributed by atoms with Crippen LogP contribution in [-0.4, -0.2) is 44.3 Å². The Morgan fingerprint density at radius 2 is 2.25 bits per heavy atom. The van der Waals surface area contributed by atoms with E-state index in [9.17, 15) is 9.59 Å². The molecule has 1 fully saturated rings. The molecular formula is C17H25N3O4. The van der Waals surface area contributed by atoms with Gasteiger partial charge >= 0.3 is 0 Å². The summed E-state index contributed by atoms with van der Waals surface area (Å²) in [5.41, 5.74) is 7.41. The molecule has 7 nitrogen and oxygen atoms in total. The Morgan fingerprint density at radius 3 is 2.96 bits per heavy atom. The van der Waals surface area contributed by atoms with Gasteiger partial charge in [-0.15, -0.1) is 0 Å². The van der Waals surface area contributed by atoms with Gasteiger partial charge in [-0.1, -0.05) is 24.3 Å². The van der Waals surface area contributed by atoms with E-state index < -0.39 is 11.9 Å². The molecule has 1 heterocycles. The van der Waals surface area contributed by atoms with E-state index in [2.05, 4.69) is 22.8 Å². The molecule has 0 saturated carbocycles. The van der Waals surface area contributed by atoms with Gasteiger partial charge in [-0.05, 0) is 30.4 Å². The number of benzene rings is 1. The van der Waals surface area contributed by atoms with Crippen molar-refractivity contribution >= 4 is 11.8 Å². The Labute approximate surface area is 141 Å². The molecule has 1 saturated heterocycles. The summed E-state index contributed by atoms with van der Waals surface area (Å²) in [6.07, 6.45) is 0.680. The smallest absolute Gasteiger partial charge is 0.239 e. The third-order valence-electron chi connectivity index (χ3n) is 4.13. The van der Waals surface area contributed by atoms with Crippen molar-refractivity contribution in [1.29, 1.82) is 0 Å². The van der Waals surface area contributed by atoms with Crippen LogP contribution in [0.4, 0.5) is 0 Å². The fourth-order valence-electron chi connectivity index (χ4n) is 2.75. The van der Waals surface area contributed by atoms with Gasteiger partial charge in [0.05, 0.1) is 12.6 Å². The second-order valence-electron chi connectivity index (χ2n) is 6.03. The zero-order chi connectivity index (χ0) is 17.5. The largest absolute Gasteiger partial charge is 0.368 e. The summed E-state index contributed by atoms with van der Waals surface area (Å²) < 4.78 is 10.2. The highest BCUT2D eigenvalue weighted by atomic mass is 16.7. The number of amides is 2. The molecular weight excluding hydrogens is 310 g/mol. The molecule has 2 rings (SSSR count). The minimum Gasteiger partial charge on any atom is -0.368 e. The molecule has 1 unspecified atom stereocenters. The first-order valence-corrected chi connectivity index (χ1v) is 8.00. The third-order valence-corrected chi connectivity index (χ3v) is 4.13. The normalized spacial score (nSPS) is 21.4. The number of carbonyl (C=O) groups excluding carboxylic acids is 2. The number of nitrogens with one attached hydrogen (secondary N) is 2. The van der Waals surface area contributed by atoms with Gasteiger partial charge in [0.2, 0.25) is 11.8 Å². The summed E-state index contributed by atoms with van der Waals surface area (Å²) in [6, 6.07) is 7.15. The number of carbonyl (C=O) groups is 2. The van der Waals surface area contributed by atoms with Gasteiger partial charge in [0.15, 0.2) is 0 Å². The van der Waals surface area contributed by atoms with Crippen LogP contribution in [0, 0.1) is 0 Å². The summed E-state index contributed by atoms with van der Waals surface area (Å²) in [6.45, 7) is 3.04. The maximum Gasteiger partial charge on any atom is 0.239 e. The van der Waals surface area contributed by atoms with Crippen LogP contribution in [0.3, 0.4) is 0 Å². The number of hydrogen-bond acceptors (Lipinski definition) is 5. The minimum absolute atomic E-state index is 0.191. The topological polar surface area (TPSA) is 103 Å². The number of nitrogens with two attached hydrogens (primary N) is 1. The van der Waals surface area contributed by atoms with E-state index in [1.807, 2.05) is 12.1 Å². The SMILES string of the molecule is COCOCc1cccc([C@@H]2CNC(C(=O)N[C@@H](C)C(N)=O)C2)c1. The highest BCUT2D eigenvalue weighted by Gasteiger charge is 2.31. The summed E-state index contributed by atoms with van der Waals surface area (Å²) >= 11 is 0. The van der Waals surface area contributed by atoms with E-state index >= 15 is 0 Å². The average molecular weight is 335 g/mol. The summed E-state index contributed by atoms with van der Waals surface area (Å²) in [7, 11) is 1.59. The molecule has 0 radical (unpaired) electrons. The molecule has 24 heavy (non-hydrogen) atoms. The van der Waals surface area contributed by atoms with Crippen molar-refractivity contribution in [2.24, 2.45) is 5.73 Å². The van der Waals surface area contributed by atoms with Crippen LogP contribution in [0.25, 0.3) is 0 Å². The van der Waals surface area contributed by atoms with E-state index in [0.717, 1.165) is 5.56 Å². The van der Waals surface area contributed by atoms with Crippen molar-refractivity contribution in [2.75, 3.05) is 20.4 Å². The van der Waals surface area contributed by atoms with Gasteiger partial charge in [-0.2, -0.15) is 0 Å². The predicted molar refractivity (Wildman–Crippen MR) is 89.1 cm³/mol. The molecule has 4 N–H and O–H groups in total. The zero-order valence-corrected chi connectivity index (χ0v) is 14.1. The predicted octanol–water partition coefficient (Wildman–Crippen LogP) is 0.243. The lowest BCUT2D eigenvalue weighted by Gasteiger charge is -2.15. The molecule has 132 valence electrons. The van der Waals surface area contributed by atoms with Crippen LogP contribution in [0.5, 0.6) is 0 Å². The lowest BCUT2D eigenvalue weighted by atomic mass is 9.94. The van der Waals surface area contributed by atoms with Crippen molar-refractivity contribution in [1.82, 2.24) is 10.6 Å². The number of ether oxygens (including phenoxy) is 2. The summed E-state index contributed by atoms with van der Waals surface area (Å²) in [5.74, 6) is -0.489. The van der Waals surface area contributed by atoms with Crippen LogP contribution in [0.15, 0.2) is 24.3 Å². The highest BCUT2D eigenvalue weighted by molar-refractivity contribution is 5.88. The molecule has 1 aliphatic heterocycles. The number of rotatable bonds is 8. The van der Waals surface area contributed by atoms with E-state index in [1.54, 1.807) is 14.0 Å². The third kappa shape index (κ3) is 5.02. The van der Waals surface area contributed by atoms with Crippen molar-refractivity contribution in [3.8, 4) is 0 Å². The van der Waals surface area contributed by atoms with Gasteiger partial charge in [0.1, 0.15) is 12.8 Å². The second-order valence-corrected chi connectivity index (χ2v) is 6.03. The Kier molecular flexibility index (Phi) is 6.72. The molecule has 3 atom stereocenters. The lowest BCUT2D eigenvalue weighted by Crippen LogP contribution is -2.48. The van der Waals surface area contributed by atoms with Crippen molar-refractivity contribution in [3.63, 3.8) is 0 Å². The summed E-state index contributed by atoms with van der Waals surface area (Å²) in [5, 5.41) is 5.83. The van der Waals surface area contributed by atoms with Crippen LogP contribution in [0.1, 0.15) is 30.4 Å². The first-order chi connectivity index (χ1) is 11.5. The quantitative estimate of drug-likeness (QED) is 0.467. The first kappa shape index (κ1) is 18.4. The fraction of sp³-hybridized carbons (Fsp3) is 0.529. The minimum atomic E-state index is -0.667. The molecule has 0 aromatic heterocycles. The van der Waals surface area contributed by atoms with Gasteiger partial charge in [0.25, 0.3) is 0 Å². The molecule has 7 heteroatoms. The maximum absolute atomic E-state index is 12.2. The number of hydrogen-bond donors (Lipinski definition) is 3. The standard InChI is InChI=1S/C17H25N3O4/c1-11(16(18)21)20-17(22)15-7-14(8-19-15)13-5-3-4-12(6-13)9-24-10-23-2/h3-6,11,14-15,19H,7-10H2,1-2H3,(H2,18,21)(H,20,22)/t11-,14-,15?/m0/s1. The van der Waals surface area contributed by atoms with Crippen molar-refractivity contribution in [3.05, 3.63) is 35.4 Å². The second kappa shape index (κ2) is 8.77. The van der Waals surface area contributed by atoms with Gasteiger partial charge < -0.3 is 25.8 Å². The van der Waals surface area contributed by atoms with E-state index in [0.29, 0.717) is 19.6 Å². The summed E-state index contributed by atoms with van der Waals surface area (Å²) in [4.78, 5) is 23.2. The molecule has 1 aromatic rings. The van der Waals surface area contributed by atoms with Crippen molar-refractivity contribution in [2.45, 2.75) is 38.0 Å². The maximum atomic E-state index is 12.2. The molecule has 0 bridgehead atoms. The van der Waals surface area contributed by atoms with E-state index in [1.165, 1.54) is 5.56 Å². The number of primary amides is 1. The van der Waals surface area contributed by atoms with Crippen LogP contribution in [0.2, 0.25) is 0 Å². The lowest BCUT2D eigenvalue weighted by molar-refractivity contribution is -0.128. The monoisotopic (exact) mass is 335 g/mol. The molecule has 1 aliphatic rings. The van der Waals surface area contributed by atoms with Crippen molar-refractivity contribution < 1.29 is 19.1 Å². The van der Waals surface area contributed by atoms with Gasteiger partial charge in [0, 0.05) is 13.7 Å². The Bertz CT molecular complexity index is 579. The Morgan fingerprint density at radius 1 is 1.46 bits per heavy atom. The molecule has 1 aromatic carbocycles. The molecule has 2 amide bonds. The van der Waals surface area contributed by atoms with Crippen LogP contribution >= 0.6 is 0 Å². The molecule has 0 aliphatic carbocycles. The number of methoxy groups -OCH3 is 1. The Hall–Kier alpha value is -1.96. The van der Waals surface area contributed by atoms with Crippen LogP contribution in [-0.2, 0) is 25.7 Å². The van der Waals surface area contributed by atoms with Gasteiger partial charge in [-0.25, -0.2) is 0 Å². The fourth-order valence-corrected chi connectivity index (χ4v) is 2.75. The zero-order valence-electron chi connectivity index (χ0n) is 14.1. The van der Waals surface area contributed by atoms with E-state index in [-0.39, 0.29) is 24.7 Å². The van der Waals surface area contributed by atoms with Gasteiger partial charge in [-0.3, -0.25) is 9.59 Å². The first-order valence-electron chi connectivity index (χ1n) is 8.00. The molecule has 0 spiro atoms.